The topological polar surface area (TPSA) is 44.1 Å². The molecule has 0 radical (unpaired) electrons. The Morgan fingerprint density at radius 3 is 2.82 bits per heavy atom. The third-order valence-electron chi connectivity index (χ3n) is 4.85. The van der Waals surface area contributed by atoms with Crippen LogP contribution in [0.1, 0.15) is 50.5 Å². The molecule has 1 aromatic carbocycles. The van der Waals surface area contributed by atoms with Crippen molar-refractivity contribution in [3.05, 3.63) is 30.0 Å². The number of carbonyl (C=O) groups excluding carboxylic acids is 1. The molecule has 1 aromatic heterocycles. The Morgan fingerprint density at radius 1 is 1.32 bits per heavy atom. The number of aromatic nitrogens is 2. The molecule has 0 unspecified atom stereocenters. The number of fused-ring (bicyclic) bond motifs is 1. The van der Waals surface area contributed by atoms with Crippen molar-refractivity contribution < 1.29 is 9.53 Å². The van der Waals surface area contributed by atoms with Crippen LogP contribution in [0.25, 0.3) is 10.9 Å². The molecule has 1 heterocycles. The minimum Gasteiger partial charge on any atom is -0.466 e. The van der Waals surface area contributed by atoms with Crippen molar-refractivity contribution in [2.24, 2.45) is 13.0 Å². The molecule has 0 atom stereocenters. The molecule has 1 aliphatic rings. The standard InChI is InChI=1S/C18H24N2O2/c1-3-22-18(21)10-13-4-6-14(7-5-13)15-8-9-17-16(11-15)12-19-20(17)2/h8-9,11-14H,3-7,10H2,1-2H3. The second-order valence-electron chi connectivity index (χ2n) is 6.31. The summed E-state index contributed by atoms with van der Waals surface area (Å²) in [5, 5.41) is 5.53. The summed E-state index contributed by atoms with van der Waals surface area (Å²) in [5.41, 5.74) is 2.59. The molecule has 0 spiro atoms. The summed E-state index contributed by atoms with van der Waals surface area (Å²) in [6.07, 6.45) is 7.09. The lowest BCUT2D eigenvalue weighted by atomic mass is 9.77. The predicted octanol–water partition coefficient (Wildman–Crippen LogP) is 3.80. The molecule has 0 amide bonds. The predicted molar refractivity (Wildman–Crippen MR) is 86.7 cm³/mol. The maximum Gasteiger partial charge on any atom is 0.306 e. The van der Waals surface area contributed by atoms with Crippen LogP contribution in [0.3, 0.4) is 0 Å². The molecule has 1 aliphatic carbocycles. The lowest BCUT2D eigenvalue weighted by molar-refractivity contribution is -0.144. The summed E-state index contributed by atoms with van der Waals surface area (Å²) >= 11 is 0. The van der Waals surface area contributed by atoms with Crippen molar-refractivity contribution in [2.45, 2.75) is 44.9 Å². The zero-order chi connectivity index (χ0) is 15.5. The van der Waals surface area contributed by atoms with Gasteiger partial charge in [-0.05, 0) is 62.1 Å². The highest BCUT2D eigenvalue weighted by molar-refractivity contribution is 5.79. The van der Waals surface area contributed by atoms with Crippen LogP contribution in [0.4, 0.5) is 0 Å². The summed E-state index contributed by atoms with van der Waals surface area (Å²) in [6, 6.07) is 6.68. The molecule has 1 saturated carbocycles. The first-order chi connectivity index (χ1) is 10.7. The van der Waals surface area contributed by atoms with Crippen LogP contribution in [0, 0.1) is 5.92 Å². The number of esters is 1. The van der Waals surface area contributed by atoms with Gasteiger partial charge in [-0.25, -0.2) is 0 Å². The highest BCUT2D eigenvalue weighted by Gasteiger charge is 2.24. The van der Waals surface area contributed by atoms with E-state index in [-0.39, 0.29) is 5.97 Å². The van der Waals surface area contributed by atoms with Crippen LogP contribution in [0.5, 0.6) is 0 Å². The van der Waals surface area contributed by atoms with Gasteiger partial charge < -0.3 is 4.74 Å². The first-order valence-corrected chi connectivity index (χ1v) is 8.24. The first kappa shape index (κ1) is 15.1. The van der Waals surface area contributed by atoms with Gasteiger partial charge in [0.05, 0.1) is 18.3 Å². The van der Waals surface area contributed by atoms with Crippen molar-refractivity contribution in [3.8, 4) is 0 Å². The lowest BCUT2D eigenvalue weighted by Gasteiger charge is -2.28. The Balaban J connectivity index is 1.61. The number of hydrogen-bond donors (Lipinski definition) is 0. The zero-order valence-electron chi connectivity index (χ0n) is 13.4. The van der Waals surface area contributed by atoms with Gasteiger partial charge in [-0.1, -0.05) is 6.07 Å². The number of rotatable bonds is 4. The van der Waals surface area contributed by atoms with Gasteiger partial charge in [-0.3, -0.25) is 9.48 Å². The summed E-state index contributed by atoms with van der Waals surface area (Å²) in [6.45, 7) is 2.35. The van der Waals surface area contributed by atoms with Crippen LogP contribution in [-0.2, 0) is 16.6 Å². The van der Waals surface area contributed by atoms with Gasteiger partial charge in [0.15, 0.2) is 0 Å². The van der Waals surface area contributed by atoms with Gasteiger partial charge in [-0.15, -0.1) is 0 Å². The number of nitrogens with zero attached hydrogens (tertiary/aromatic N) is 2. The fourth-order valence-electron chi connectivity index (χ4n) is 3.59. The van der Waals surface area contributed by atoms with Gasteiger partial charge in [0.2, 0.25) is 0 Å². The maximum atomic E-state index is 11.6. The van der Waals surface area contributed by atoms with E-state index in [1.54, 1.807) is 0 Å². The third-order valence-corrected chi connectivity index (χ3v) is 4.85. The van der Waals surface area contributed by atoms with Crippen molar-refractivity contribution in [1.82, 2.24) is 9.78 Å². The van der Waals surface area contributed by atoms with Gasteiger partial charge in [0.25, 0.3) is 0 Å². The van der Waals surface area contributed by atoms with E-state index in [2.05, 4.69) is 23.3 Å². The molecule has 0 aliphatic heterocycles. The molecular weight excluding hydrogens is 276 g/mol. The Kier molecular flexibility index (Phi) is 4.46. The molecule has 0 saturated heterocycles. The average Bonchev–Trinajstić information content (AvgIpc) is 2.89. The summed E-state index contributed by atoms with van der Waals surface area (Å²) in [7, 11) is 1.97. The molecule has 4 heteroatoms. The highest BCUT2D eigenvalue weighted by atomic mass is 16.5. The number of benzene rings is 1. The molecule has 0 N–H and O–H groups in total. The highest BCUT2D eigenvalue weighted by Crippen LogP contribution is 2.37. The molecule has 4 nitrogen and oxygen atoms in total. The van der Waals surface area contributed by atoms with Gasteiger partial charge in [0, 0.05) is 18.9 Å². The molecule has 2 aromatic rings. The Hall–Kier alpha value is -1.84. The second kappa shape index (κ2) is 6.51. The van der Waals surface area contributed by atoms with Crippen LogP contribution in [-0.4, -0.2) is 22.4 Å². The summed E-state index contributed by atoms with van der Waals surface area (Å²) in [4.78, 5) is 11.6. The lowest BCUT2D eigenvalue weighted by Crippen LogP contribution is -2.17. The normalized spacial score (nSPS) is 21.9. The summed E-state index contributed by atoms with van der Waals surface area (Å²) in [5.74, 6) is 1.07. The Labute approximate surface area is 131 Å². The van der Waals surface area contributed by atoms with E-state index in [1.165, 1.54) is 16.5 Å². The quantitative estimate of drug-likeness (QED) is 0.807. The van der Waals surface area contributed by atoms with E-state index in [9.17, 15) is 4.79 Å². The van der Waals surface area contributed by atoms with E-state index < -0.39 is 0 Å². The van der Waals surface area contributed by atoms with Crippen LogP contribution < -0.4 is 0 Å². The van der Waals surface area contributed by atoms with E-state index in [4.69, 9.17) is 4.74 Å². The molecule has 22 heavy (non-hydrogen) atoms. The van der Waals surface area contributed by atoms with Crippen LogP contribution >= 0.6 is 0 Å². The van der Waals surface area contributed by atoms with E-state index in [0.717, 1.165) is 25.7 Å². The largest absolute Gasteiger partial charge is 0.466 e. The van der Waals surface area contributed by atoms with Gasteiger partial charge in [0.1, 0.15) is 0 Å². The monoisotopic (exact) mass is 300 g/mol. The molecule has 0 bridgehead atoms. The van der Waals surface area contributed by atoms with Crippen molar-refractivity contribution in [2.75, 3.05) is 6.61 Å². The van der Waals surface area contributed by atoms with Crippen molar-refractivity contribution in [1.29, 1.82) is 0 Å². The number of ether oxygens (including phenoxy) is 1. The second-order valence-corrected chi connectivity index (χ2v) is 6.31. The van der Waals surface area contributed by atoms with Gasteiger partial charge >= 0.3 is 5.97 Å². The molecular formula is C18H24N2O2. The first-order valence-electron chi connectivity index (χ1n) is 8.24. The Morgan fingerprint density at radius 2 is 2.09 bits per heavy atom. The number of aryl methyl sites for hydroxylation is 1. The van der Waals surface area contributed by atoms with E-state index >= 15 is 0 Å². The fraction of sp³-hybridized carbons (Fsp3) is 0.556. The Bertz CT molecular complexity index is 654. The minimum atomic E-state index is -0.0391. The summed E-state index contributed by atoms with van der Waals surface area (Å²) < 4.78 is 6.97. The minimum absolute atomic E-state index is 0.0391. The van der Waals surface area contributed by atoms with E-state index in [0.29, 0.717) is 24.9 Å². The van der Waals surface area contributed by atoms with Crippen molar-refractivity contribution in [3.63, 3.8) is 0 Å². The van der Waals surface area contributed by atoms with Gasteiger partial charge in [-0.2, -0.15) is 5.10 Å². The SMILES string of the molecule is CCOC(=O)CC1CCC(c2ccc3c(cnn3C)c2)CC1. The molecule has 1 fully saturated rings. The average molecular weight is 300 g/mol. The number of carbonyl (C=O) groups is 1. The molecule has 3 rings (SSSR count). The fourth-order valence-corrected chi connectivity index (χ4v) is 3.59. The van der Waals surface area contributed by atoms with Crippen LogP contribution in [0.2, 0.25) is 0 Å². The van der Waals surface area contributed by atoms with E-state index in [1.807, 2.05) is 24.9 Å². The van der Waals surface area contributed by atoms with Crippen LogP contribution in [0.15, 0.2) is 24.4 Å². The van der Waals surface area contributed by atoms with Crippen molar-refractivity contribution >= 4 is 16.9 Å². The molecule has 118 valence electrons. The zero-order valence-corrected chi connectivity index (χ0v) is 13.4. The maximum absolute atomic E-state index is 11.6. The number of hydrogen-bond acceptors (Lipinski definition) is 3. The third kappa shape index (κ3) is 3.16. The smallest absolute Gasteiger partial charge is 0.306 e.